The molecule has 2 aromatic rings. The van der Waals surface area contributed by atoms with Gasteiger partial charge >= 0.3 is 12.4 Å². The van der Waals surface area contributed by atoms with Crippen molar-refractivity contribution in [3.63, 3.8) is 0 Å². The van der Waals surface area contributed by atoms with Crippen molar-refractivity contribution in [3.8, 4) is 17.6 Å². The van der Waals surface area contributed by atoms with Gasteiger partial charge in [-0.2, -0.15) is 31.6 Å². The zero-order valence-electron chi connectivity index (χ0n) is 15.0. The standard InChI is InChI=1S/C19H13F6NO3S/c20-18(21,22)10-28-15-6-7-16(17(13(15)8-26)29-11-19(23,24)25)30-9-14(27)12-4-2-1-3-5-12/h1-7H,9-11H2. The van der Waals surface area contributed by atoms with Crippen LogP contribution in [0.4, 0.5) is 26.3 Å². The molecule has 0 radical (unpaired) electrons. The molecule has 2 rings (SSSR count). The highest BCUT2D eigenvalue weighted by molar-refractivity contribution is 8.00. The Hall–Kier alpha value is -2.87. The molecular formula is C19H13F6NO3S. The van der Waals surface area contributed by atoms with E-state index in [1.807, 2.05) is 0 Å². The summed E-state index contributed by atoms with van der Waals surface area (Å²) < 4.78 is 84.2. The van der Waals surface area contributed by atoms with Crippen LogP contribution in [0.5, 0.6) is 11.5 Å². The minimum atomic E-state index is -4.75. The molecule has 0 fully saturated rings. The Bertz CT molecular complexity index is 923. The van der Waals surface area contributed by atoms with Crippen LogP contribution in [0.1, 0.15) is 15.9 Å². The highest BCUT2D eigenvalue weighted by Gasteiger charge is 2.32. The minimum Gasteiger partial charge on any atom is -0.483 e. The van der Waals surface area contributed by atoms with Crippen molar-refractivity contribution in [1.29, 1.82) is 5.26 Å². The number of hydrogen-bond acceptors (Lipinski definition) is 5. The van der Waals surface area contributed by atoms with E-state index in [1.165, 1.54) is 6.07 Å². The van der Waals surface area contributed by atoms with E-state index in [-0.39, 0.29) is 16.4 Å². The van der Waals surface area contributed by atoms with E-state index < -0.39 is 42.6 Å². The molecule has 2 aromatic carbocycles. The van der Waals surface area contributed by atoms with Crippen LogP contribution in [0.2, 0.25) is 0 Å². The number of halogens is 6. The van der Waals surface area contributed by atoms with Gasteiger partial charge in [0.1, 0.15) is 17.4 Å². The van der Waals surface area contributed by atoms with E-state index in [0.29, 0.717) is 5.56 Å². The summed E-state index contributed by atoms with van der Waals surface area (Å²) in [5, 5.41) is 9.29. The molecule has 0 aliphatic carbocycles. The fourth-order valence-corrected chi connectivity index (χ4v) is 3.10. The largest absolute Gasteiger partial charge is 0.483 e. The first-order valence-electron chi connectivity index (χ1n) is 8.17. The van der Waals surface area contributed by atoms with Crippen LogP contribution in [0.15, 0.2) is 47.4 Å². The SMILES string of the molecule is N#Cc1c(OCC(F)(F)F)ccc(SCC(=O)c2ccccc2)c1OCC(F)(F)F. The Morgan fingerprint density at radius 2 is 1.53 bits per heavy atom. The van der Waals surface area contributed by atoms with Crippen LogP contribution in [0.25, 0.3) is 0 Å². The lowest BCUT2D eigenvalue weighted by atomic mass is 10.2. The number of nitriles is 1. The average Bonchev–Trinajstić information content (AvgIpc) is 2.68. The number of ketones is 1. The third kappa shape index (κ3) is 7.18. The molecule has 0 saturated carbocycles. The van der Waals surface area contributed by atoms with Crippen LogP contribution in [0, 0.1) is 11.3 Å². The summed E-state index contributed by atoms with van der Waals surface area (Å²) in [7, 11) is 0. The molecule has 0 aliphatic heterocycles. The molecule has 4 nitrogen and oxygen atoms in total. The molecule has 0 saturated heterocycles. The monoisotopic (exact) mass is 449 g/mol. The number of ether oxygens (including phenoxy) is 2. The first-order valence-corrected chi connectivity index (χ1v) is 9.16. The summed E-state index contributed by atoms with van der Waals surface area (Å²) in [4.78, 5) is 12.2. The predicted molar refractivity (Wildman–Crippen MR) is 95.8 cm³/mol. The number of rotatable bonds is 8. The summed E-state index contributed by atoms with van der Waals surface area (Å²) in [5.41, 5.74) is -0.256. The van der Waals surface area contributed by atoms with Crippen LogP contribution >= 0.6 is 11.8 Å². The molecule has 0 amide bonds. The summed E-state index contributed by atoms with van der Waals surface area (Å²) >= 11 is 0.792. The van der Waals surface area contributed by atoms with E-state index in [1.54, 1.807) is 30.3 Å². The number of thioether (sulfide) groups is 1. The Morgan fingerprint density at radius 3 is 2.10 bits per heavy atom. The van der Waals surface area contributed by atoms with Gasteiger partial charge in [-0.25, -0.2) is 0 Å². The maximum atomic E-state index is 12.6. The first-order chi connectivity index (χ1) is 14.0. The van der Waals surface area contributed by atoms with Gasteiger partial charge in [-0.05, 0) is 12.1 Å². The molecule has 30 heavy (non-hydrogen) atoms. The van der Waals surface area contributed by atoms with Crippen LogP contribution in [-0.2, 0) is 0 Å². The molecular weight excluding hydrogens is 436 g/mol. The van der Waals surface area contributed by atoms with Crippen molar-refractivity contribution < 1.29 is 40.6 Å². The molecule has 11 heteroatoms. The summed E-state index contributed by atoms with van der Waals surface area (Å²) in [6.45, 7) is -3.51. The van der Waals surface area contributed by atoms with Gasteiger partial charge in [0.15, 0.2) is 24.7 Å². The van der Waals surface area contributed by atoms with Gasteiger partial charge in [0.2, 0.25) is 0 Å². The summed E-state index contributed by atoms with van der Waals surface area (Å²) in [5.74, 6) is -1.70. The second-order valence-electron chi connectivity index (χ2n) is 5.76. The Kier molecular flexibility index (Phi) is 7.61. The van der Waals surface area contributed by atoms with Gasteiger partial charge in [0.25, 0.3) is 0 Å². The Morgan fingerprint density at radius 1 is 0.933 bits per heavy atom. The molecule has 0 bridgehead atoms. The molecule has 0 N–H and O–H groups in total. The van der Waals surface area contributed by atoms with Crippen molar-refractivity contribution in [1.82, 2.24) is 0 Å². The van der Waals surface area contributed by atoms with E-state index in [0.717, 1.165) is 23.9 Å². The molecule has 0 spiro atoms. The molecule has 0 aromatic heterocycles. The third-order valence-electron chi connectivity index (χ3n) is 3.42. The van der Waals surface area contributed by atoms with Gasteiger partial charge < -0.3 is 9.47 Å². The third-order valence-corrected chi connectivity index (χ3v) is 4.46. The predicted octanol–water partition coefficient (Wildman–Crippen LogP) is 5.42. The normalized spacial score (nSPS) is 11.6. The number of Topliss-reactive ketones (excluding diaryl/α,β-unsaturated/α-hetero) is 1. The molecule has 0 heterocycles. The smallest absolute Gasteiger partial charge is 0.422 e. The lowest BCUT2D eigenvalue weighted by molar-refractivity contribution is -0.154. The fourth-order valence-electron chi connectivity index (χ4n) is 2.19. The number of carbonyl (C=O) groups excluding carboxylic acids is 1. The van der Waals surface area contributed by atoms with Gasteiger partial charge in [-0.3, -0.25) is 4.79 Å². The van der Waals surface area contributed by atoms with Crippen LogP contribution in [0.3, 0.4) is 0 Å². The van der Waals surface area contributed by atoms with Gasteiger partial charge in [-0.1, -0.05) is 30.3 Å². The quantitative estimate of drug-likeness (QED) is 0.306. The van der Waals surface area contributed by atoms with Crippen molar-refractivity contribution in [2.75, 3.05) is 19.0 Å². The molecule has 160 valence electrons. The maximum absolute atomic E-state index is 12.6. The highest BCUT2D eigenvalue weighted by atomic mass is 32.2. The average molecular weight is 449 g/mol. The number of carbonyl (C=O) groups is 1. The summed E-state index contributed by atoms with van der Waals surface area (Å²) in [6, 6.07) is 11.7. The first kappa shape index (κ1) is 23.4. The van der Waals surface area contributed by atoms with E-state index in [9.17, 15) is 36.4 Å². The Labute approximate surface area is 171 Å². The number of alkyl halides is 6. The zero-order valence-corrected chi connectivity index (χ0v) is 15.8. The lowest BCUT2D eigenvalue weighted by Gasteiger charge is -2.17. The minimum absolute atomic E-state index is 0.0144. The molecule has 0 atom stereocenters. The van der Waals surface area contributed by atoms with Crippen molar-refractivity contribution in [3.05, 3.63) is 53.6 Å². The highest BCUT2D eigenvalue weighted by Crippen LogP contribution is 2.39. The fraction of sp³-hybridized carbons (Fsp3) is 0.263. The van der Waals surface area contributed by atoms with Crippen molar-refractivity contribution in [2.24, 2.45) is 0 Å². The second kappa shape index (κ2) is 9.75. The number of hydrogen-bond donors (Lipinski definition) is 0. The molecule has 0 unspecified atom stereocenters. The Balaban J connectivity index is 2.30. The summed E-state index contributed by atoms with van der Waals surface area (Å²) in [6.07, 6.45) is -9.47. The van der Waals surface area contributed by atoms with Gasteiger partial charge in [-0.15, -0.1) is 11.8 Å². The van der Waals surface area contributed by atoms with E-state index >= 15 is 0 Å². The van der Waals surface area contributed by atoms with E-state index in [2.05, 4.69) is 4.74 Å². The number of nitrogens with zero attached hydrogens (tertiary/aromatic N) is 1. The lowest BCUT2D eigenvalue weighted by Crippen LogP contribution is -2.21. The maximum Gasteiger partial charge on any atom is 0.422 e. The van der Waals surface area contributed by atoms with E-state index in [4.69, 9.17) is 4.74 Å². The van der Waals surface area contributed by atoms with Crippen molar-refractivity contribution >= 4 is 17.5 Å². The second-order valence-corrected chi connectivity index (χ2v) is 6.78. The van der Waals surface area contributed by atoms with Gasteiger partial charge in [0, 0.05) is 5.56 Å². The number of benzene rings is 2. The van der Waals surface area contributed by atoms with Crippen LogP contribution in [-0.4, -0.2) is 37.1 Å². The van der Waals surface area contributed by atoms with Gasteiger partial charge in [0.05, 0.1) is 10.6 Å². The topological polar surface area (TPSA) is 59.3 Å². The van der Waals surface area contributed by atoms with Crippen molar-refractivity contribution in [2.45, 2.75) is 17.2 Å². The molecule has 0 aliphatic rings. The van der Waals surface area contributed by atoms with Crippen LogP contribution < -0.4 is 9.47 Å². The zero-order chi connectivity index (χ0) is 22.4.